The second-order valence-corrected chi connectivity index (χ2v) is 8.88. The third-order valence-electron chi connectivity index (χ3n) is 4.70. The Morgan fingerprint density at radius 2 is 1.71 bits per heavy atom. The van der Waals surface area contributed by atoms with Gasteiger partial charge in [-0.3, -0.25) is 14.8 Å². The third-order valence-corrected chi connectivity index (χ3v) is 5.70. The smallest absolute Gasteiger partial charge is 0.252 e. The van der Waals surface area contributed by atoms with Gasteiger partial charge in [0.1, 0.15) is 0 Å². The highest BCUT2D eigenvalue weighted by atomic mass is 32.2. The quantitative estimate of drug-likeness (QED) is 0.129. The highest BCUT2D eigenvalue weighted by Crippen LogP contribution is 2.23. The lowest BCUT2D eigenvalue weighted by Crippen LogP contribution is -2.26. The Morgan fingerprint density at radius 3 is 2.42 bits per heavy atom. The fourth-order valence-corrected chi connectivity index (χ4v) is 3.92. The first-order valence-corrected chi connectivity index (χ1v) is 11.9. The van der Waals surface area contributed by atoms with Crippen molar-refractivity contribution in [2.45, 2.75) is 64.7 Å². The number of nitrogens with one attached hydrogen (secondary N) is 2. The van der Waals surface area contributed by atoms with Crippen molar-refractivity contribution in [2.75, 3.05) is 18.9 Å². The SMILES string of the molecule is CC(C)=CCCC(C)=CCCC(C)=CCSc1ccccc1C(=O)NCCCONO. The van der Waals surface area contributed by atoms with E-state index in [1.54, 1.807) is 17.4 Å². The second kappa shape index (κ2) is 16.8. The van der Waals surface area contributed by atoms with Gasteiger partial charge in [0.15, 0.2) is 0 Å². The maximum absolute atomic E-state index is 12.5. The zero-order valence-corrected chi connectivity index (χ0v) is 20.2. The molecule has 0 heterocycles. The molecule has 0 radical (unpaired) electrons. The highest BCUT2D eigenvalue weighted by molar-refractivity contribution is 7.99. The molecule has 6 heteroatoms. The largest absolute Gasteiger partial charge is 0.352 e. The fourth-order valence-electron chi connectivity index (χ4n) is 2.88. The summed E-state index contributed by atoms with van der Waals surface area (Å²) in [7, 11) is 0. The number of benzene rings is 1. The van der Waals surface area contributed by atoms with Crippen molar-refractivity contribution in [1.82, 2.24) is 11.0 Å². The van der Waals surface area contributed by atoms with Crippen LogP contribution in [0.1, 0.15) is 70.2 Å². The third kappa shape index (κ3) is 13.2. The molecule has 1 aromatic carbocycles. The maximum Gasteiger partial charge on any atom is 0.252 e. The van der Waals surface area contributed by atoms with Gasteiger partial charge in [-0.1, -0.05) is 52.7 Å². The normalized spacial score (nSPS) is 12.0. The van der Waals surface area contributed by atoms with Crippen LogP contribution in [0.25, 0.3) is 0 Å². The molecule has 0 fully saturated rings. The Bertz CT molecular complexity index is 753. The summed E-state index contributed by atoms with van der Waals surface area (Å²) in [5.74, 6) is 0.754. The zero-order valence-electron chi connectivity index (χ0n) is 19.4. The molecule has 0 aromatic heterocycles. The predicted octanol–water partition coefficient (Wildman–Crippen LogP) is 6.23. The van der Waals surface area contributed by atoms with E-state index in [0.717, 1.165) is 36.3 Å². The second-order valence-electron chi connectivity index (χ2n) is 7.82. The van der Waals surface area contributed by atoms with Crippen molar-refractivity contribution in [2.24, 2.45) is 0 Å². The van der Waals surface area contributed by atoms with Gasteiger partial charge in [0, 0.05) is 17.2 Å². The van der Waals surface area contributed by atoms with Crippen LogP contribution in [0.5, 0.6) is 0 Å². The molecule has 31 heavy (non-hydrogen) atoms. The van der Waals surface area contributed by atoms with E-state index in [1.165, 1.54) is 16.7 Å². The standard InChI is InChI=1S/C25H38N2O3S/c1-20(2)10-7-11-21(3)12-8-13-22(4)16-19-31-24-15-6-5-14-23(24)25(28)26-17-9-18-30-27-29/h5-6,10,12,14-16,27,29H,7-9,11,13,17-19H2,1-4H3,(H,26,28). The minimum absolute atomic E-state index is 0.0884. The lowest BCUT2D eigenvalue weighted by Gasteiger charge is -2.09. The molecule has 1 amide bonds. The number of thioether (sulfide) groups is 1. The van der Waals surface area contributed by atoms with E-state index in [4.69, 9.17) is 5.21 Å². The monoisotopic (exact) mass is 446 g/mol. The molecule has 5 nitrogen and oxygen atoms in total. The molecule has 1 aromatic rings. The number of amides is 1. The average molecular weight is 447 g/mol. The molecular formula is C25H38N2O3S. The molecular weight excluding hydrogens is 408 g/mol. The van der Waals surface area contributed by atoms with Gasteiger partial charge in [-0.25, -0.2) is 0 Å². The predicted molar refractivity (Wildman–Crippen MR) is 130 cm³/mol. The molecule has 0 saturated carbocycles. The summed E-state index contributed by atoms with van der Waals surface area (Å²) in [5, 5.41) is 11.2. The average Bonchev–Trinajstić information content (AvgIpc) is 2.73. The lowest BCUT2D eigenvalue weighted by atomic mass is 10.1. The van der Waals surface area contributed by atoms with Crippen molar-refractivity contribution in [3.8, 4) is 0 Å². The van der Waals surface area contributed by atoms with Gasteiger partial charge in [-0.2, -0.15) is 0 Å². The summed E-state index contributed by atoms with van der Waals surface area (Å²) in [4.78, 5) is 18.1. The molecule has 0 spiro atoms. The van der Waals surface area contributed by atoms with Crippen molar-refractivity contribution in [1.29, 1.82) is 0 Å². The Balaban J connectivity index is 2.44. The van der Waals surface area contributed by atoms with Crippen LogP contribution in [-0.4, -0.2) is 30.0 Å². The van der Waals surface area contributed by atoms with E-state index in [2.05, 4.69) is 56.1 Å². The van der Waals surface area contributed by atoms with Crippen LogP contribution >= 0.6 is 11.8 Å². The molecule has 1 rings (SSSR count). The van der Waals surface area contributed by atoms with Gasteiger partial charge >= 0.3 is 0 Å². The van der Waals surface area contributed by atoms with Crippen molar-refractivity contribution >= 4 is 17.7 Å². The lowest BCUT2D eigenvalue weighted by molar-refractivity contribution is -0.127. The van der Waals surface area contributed by atoms with E-state index >= 15 is 0 Å². The van der Waals surface area contributed by atoms with Crippen molar-refractivity contribution in [3.63, 3.8) is 0 Å². The van der Waals surface area contributed by atoms with E-state index in [-0.39, 0.29) is 5.91 Å². The number of rotatable bonds is 15. The summed E-state index contributed by atoms with van der Waals surface area (Å²) < 4.78 is 0. The number of allylic oxidation sites excluding steroid dienone is 5. The number of carbonyl (C=O) groups excluding carboxylic acids is 1. The number of carbonyl (C=O) groups is 1. The summed E-state index contributed by atoms with van der Waals surface area (Å²) >= 11 is 1.68. The number of hydrogen-bond acceptors (Lipinski definition) is 5. The van der Waals surface area contributed by atoms with Crippen LogP contribution in [0.4, 0.5) is 0 Å². The Morgan fingerprint density at radius 1 is 1.03 bits per heavy atom. The fraction of sp³-hybridized carbons (Fsp3) is 0.480. The Hall–Kier alpha value is -1.86. The molecule has 0 aliphatic carbocycles. The molecule has 0 atom stereocenters. The van der Waals surface area contributed by atoms with Crippen LogP contribution in [0.15, 0.2) is 64.1 Å². The summed E-state index contributed by atoms with van der Waals surface area (Å²) in [5.41, 5.74) is 6.54. The molecule has 0 saturated heterocycles. The van der Waals surface area contributed by atoms with E-state index in [9.17, 15) is 4.79 Å². The zero-order chi connectivity index (χ0) is 22.9. The summed E-state index contributed by atoms with van der Waals surface area (Å²) in [6, 6.07) is 7.67. The minimum atomic E-state index is -0.0884. The van der Waals surface area contributed by atoms with Gasteiger partial charge in [-0.05, 0) is 71.9 Å². The van der Waals surface area contributed by atoms with E-state index in [1.807, 2.05) is 24.3 Å². The first kappa shape index (κ1) is 27.2. The molecule has 0 unspecified atom stereocenters. The van der Waals surface area contributed by atoms with Crippen molar-refractivity contribution < 1.29 is 14.8 Å². The highest BCUT2D eigenvalue weighted by Gasteiger charge is 2.10. The topological polar surface area (TPSA) is 70.6 Å². The van der Waals surface area contributed by atoms with Crippen LogP contribution in [0.2, 0.25) is 0 Å². The van der Waals surface area contributed by atoms with Gasteiger partial charge in [0.2, 0.25) is 0 Å². The van der Waals surface area contributed by atoms with Crippen LogP contribution in [-0.2, 0) is 4.84 Å². The molecule has 0 bridgehead atoms. The maximum atomic E-state index is 12.5. The first-order chi connectivity index (χ1) is 14.9. The number of hydrogen-bond donors (Lipinski definition) is 3. The minimum Gasteiger partial charge on any atom is -0.352 e. The molecule has 0 aliphatic rings. The van der Waals surface area contributed by atoms with Gasteiger partial charge in [0.25, 0.3) is 5.91 Å². The first-order valence-electron chi connectivity index (χ1n) is 10.9. The van der Waals surface area contributed by atoms with Crippen LogP contribution in [0.3, 0.4) is 0 Å². The Kier molecular flexibility index (Phi) is 14.7. The summed E-state index contributed by atoms with van der Waals surface area (Å²) in [6.07, 6.45) is 11.9. The van der Waals surface area contributed by atoms with Gasteiger partial charge in [-0.15, -0.1) is 11.8 Å². The van der Waals surface area contributed by atoms with Gasteiger partial charge < -0.3 is 5.32 Å². The van der Waals surface area contributed by atoms with Crippen molar-refractivity contribution in [3.05, 3.63) is 64.8 Å². The van der Waals surface area contributed by atoms with Crippen LogP contribution < -0.4 is 11.0 Å². The Labute approximate surface area is 191 Å². The van der Waals surface area contributed by atoms with Gasteiger partial charge in [0.05, 0.1) is 12.2 Å². The molecule has 0 aliphatic heterocycles. The molecule has 3 N–H and O–H groups in total. The van der Waals surface area contributed by atoms with E-state index in [0.29, 0.717) is 25.1 Å². The summed E-state index contributed by atoms with van der Waals surface area (Å²) in [6.45, 7) is 9.48. The van der Waals surface area contributed by atoms with E-state index < -0.39 is 0 Å². The van der Waals surface area contributed by atoms with Crippen LogP contribution in [0, 0.1) is 0 Å². The molecule has 172 valence electrons.